The maximum Gasteiger partial charge on any atom is 0.359 e. The van der Waals surface area contributed by atoms with Crippen LogP contribution in [0.2, 0.25) is 0 Å². The van der Waals surface area contributed by atoms with Crippen molar-refractivity contribution in [2.45, 2.75) is 6.61 Å². The molecule has 8 nitrogen and oxygen atoms in total. The molecule has 0 saturated heterocycles. The van der Waals surface area contributed by atoms with Crippen molar-refractivity contribution in [3.8, 4) is 5.75 Å². The van der Waals surface area contributed by atoms with Crippen molar-refractivity contribution < 1.29 is 18.7 Å². The quantitative estimate of drug-likeness (QED) is 0.519. The van der Waals surface area contributed by atoms with Gasteiger partial charge in [-0.1, -0.05) is 0 Å². The summed E-state index contributed by atoms with van der Waals surface area (Å²) < 4.78 is 16.5. The average Bonchev–Trinajstić information content (AvgIpc) is 2.60. The van der Waals surface area contributed by atoms with Crippen LogP contribution in [-0.4, -0.2) is 22.9 Å². The summed E-state index contributed by atoms with van der Waals surface area (Å²) in [6.45, 7) is -0.141. The molecule has 25 heavy (non-hydrogen) atoms. The fourth-order valence-electron chi connectivity index (χ4n) is 2.29. The lowest BCUT2D eigenvalue weighted by molar-refractivity contribution is 0.0464. The second-order valence-electron chi connectivity index (χ2n) is 5.21. The fraction of sp³-hybridized carbons (Fsp3) is 0.176. The number of hydrogen-bond acceptors (Lipinski definition) is 7. The Morgan fingerprint density at radius 2 is 2.00 bits per heavy atom. The van der Waals surface area contributed by atoms with E-state index < -0.39 is 11.6 Å². The van der Waals surface area contributed by atoms with Gasteiger partial charge in [-0.15, -0.1) is 0 Å². The second-order valence-corrected chi connectivity index (χ2v) is 5.21. The van der Waals surface area contributed by atoms with Crippen molar-refractivity contribution in [1.29, 1.82) is 0 Å². The van der Waals surface area contributed by atoms with Gasteiger partial charge in [0.1, 0.15) is 17.9 Å². The van der Waals surface area contributed by atoms with E-state index in [1.54, 1.807) is 18.2 Å². The van der Waals surface area contributed by atoms with Gasteiger partial charge in [0.05, 0.1) is 7.11 Å². The summed E-state index contributed by atoms with van der Waals surface area (Å²) in [6, 6.07) is 8.77. The van der Waals surface area contributed by atoms with Crippen LogP contribution in [0.25, 0.3) is 11.0 Å². The molecule has 0 aliphatic carbocycles. The first-order valence-electron chi connectivity index (χ1n) is 7.30. The van der Waals surface area contributed by atoms with Gasteiger partial charge >= 0.3 is 11.6 Å². The molecule has 3 rings (SSSR count). The molecule has 0 fully saturated rings. The number of fused-ring (bicyclic) bond motifs is 1. The Kier molecular flexibility index (Phi) is 4.34. The number of benzene rings is 1. The molecule has 0 radical (unpaired) electrons. The van der Waals surface area contributed by atoms with Crippen LogP contribution in [0.3, 0.4) is 0 Å². The van der Waals surface area contributed by atoms with Gasteiger partial charge in [0, 0.05) is 36.2 Å². The number of aromatic nitrogens is 2. The van der Waals surface area contributed by atoms with Crippen LogP contribution in [0.4, 0.5) is 0 Å². The lowest BCUT2D eigenvalue weighted by Gasteiger charge is -2.08. The molecule has 0 N–H and O–H groups in total. The lowest BCUT2D eigenvalue weighted by Crippen LogP contribution is -2.21. The summed E-state index contributed by atoms with van der Waals surface area (Å²) in [5.74, 6) is -0.162. The predicted molar refractivity (Wildman–Crippen MR) is 87.6 cm³/mol. The molecule has 0 aliphatic rings. The monoisotopic (exact) mass is 342 g/mol. The van der Waals surface area contributed by atoms with Gasteiger partial charge in [-0.3, -0.25) is 4.79 Å². The number of carbonyl (C=O) groups excluding carboxylic acids is 1. The third-order valence-corrected chi connectivity index (χ3v) is 3.57. The smallest absolute Gasteiger partial charge is 0.359 e. The van der Waals surface area contributed by atoms with Crippen LogP contribution in [-0.2, 0) is 18.4 Å². The molecule has 1 aromatic carbocycles. The predicted octanol–water partition coefficient (Wildman–Crippen LogP) is 1.25. The van der Waals surface area contributed by atoms with Crippen LogP contribution in [0.15, 0.2) is 50.4 Å². The number of ether oxygens (including phenoxy) is 2. The van der Waals surface area contributed by atoms with Crippen LogP contribution in [0.5, 0.6) is 5.75 Å². The highest BCUT2D eigenvalue weighted by Crippen LogP contribution is 2.23. The third kappa shape index (κ3) is 3.42. The van der Waals surface area contributed by atoms with Gasteiger partial charge in [0.15, 0.2) is 5.69 Å². The molecule has 0 amide bonds. The number of carbonyl (C=O) groups is 1. The number of hydrogen-bond donors (Lipinski definition) is 0. The van der Waals surface area contributed by atoms with Crippen molar-refractivity contribution in [3.63, 3.8) is 0 Å². The zero-order valence-corrected chi connectivity index (χ0v) is 13.5. The van der Waals surface area contributed by atoms with Gasteiger partial charge in [-0.25, -0.2) is 14.3 Å². The van der Waals surface area contributed by atoms with Gasteiger partial charge in [0.25, 0.3) is 5.56 Å². The highest BCUT2D eigenvalue weighted by atomic mass is 16.5. The molecule has 3 aromatic rings. The Hall–Kier alpha value is -3.42. The first kappa shape index (κ1) is 16.4. The molecule has 0 spiro atoms. The van der Waals surface area contributed by atoms with E-state index in [4.69, 9.17) is 13.9 Å². The van der Waals surface area contributed by atoms with E-state index in [2.05, 4.69) is 5.10 Å². The molecule has 2 heterocycles. The Labute approximate surface area is 141 Å². The lowest BCUT2D eigenvalue weighted by atomic mass is 10.1. The standard InChI is InChI=1S/C17H14N2O6/c1-19-15(20)6-5-13(18-19)17(22)24-9-10-7-16(21)25-14-8-11(23-2)3-4-12(10)14/h3-8H,9H2,1-2H3. The van der Waals surface area contributed by atoms with E-state index in [1.807, 2.05) is 0 Å². The SMILES string of the molecule is COc1ccc2c(COC(=O)c3ccc(=O)n(C)n3)cc(=O)oc2c1. The van der Waals surface area contributed by atoms with E-state index >= 15 is 0 Å². The van der Waals surface area contributed by atoms with Crippen molar-refractivity contribution in [2.24, 2.45) is 7.05 Å². The highest BCUT2D eigenvalue weighted by Gasteiger charge is 2.13. The zero-order chi connectivity index (χ0) is 18.0. The van der Waals surface area contributed by atoms with Gasteiger partial charge in [-0.2, -0.15) is 5.10 Å². The van der Waals surface area contributed by atoms with Crippen molar-refractivity contribution >= 4 is 16.9 Å². The molecule has 128 valence electrons. The molecule has 0 saturated carbocycles. The summed E-state index contributed by atoms with van der Waals surface area (Å²) in [7, 11) is 2.94. The number of rotatable bonds is 4. The molecule has 2 aromatic heterocycles. The van der Waals surface area contributed by atoms with Crippen LogP contribution in [0, 0.1) is 0 Å². The molecule has 0 bridgehead atoms. The molecule has 8 heteroatoms. The van der Waals surface area contributed by atoms with E-state index in [-0.39, 0.29) is 17.9 Å². The Balaban J connectivity index is 1.87. The maximum absolute atomic E-state index is 12.1. The summed E-state index contributed by atoms with van der Waals surface area (Å²) in [5, 5.41) is 4.45. The highest BCUT2D eigenvalue weighted by molar-refractivity contribution is 5.87. The molecular formula is C17H14N2O6. The Bertz CT molecular complexity index is 1070. The normalized spacial score (nSPS) is 10.6. The molecular weight excluding hydrogens is 328 g/mol. The summed E-state index contributed by atoms with van der Waals surface area (Å²) in [5.41, 5.74) is -0.0783. The minimum Gasteiger partial charge on any atom is -0.497 e. The maximum atomic E-state index is 12.1. The van der Waals surface area contributed by atoms with E-state index in [0.29, 0.717) is 22.3 Å². The average molecular weight is 342 g/mol. The van der Waals surface area contributed by atoms with Crippen LogP contribution in [0.1, 0.15) is 16.1 Å². The van der Waals surface area contributed by atoms with Crippen molar-refractivity contribution in [3.05, 3.63) is 68.4 Å². The second kappa shape index (κ2) is 6.60. The minimum atomic E-state index is -0.703. The van der Waals surface area contributed by atoms with Gasteiger partial charge in [-0.05, 0) is 18.2 Å². The minimum absolute atomic E-state index is 0.00367. The summed E-state index contributed by atoms with van der Waals surface area (Å²) in [6.07, 6.45) is 0. The molecule has 0 atom stereocenters. The first-order chi connectivity index (χ1) is 12.0. The Morgan fingerprint density at radius 3 is 2.72 bits per heavy atom. The van der Waals surface area contributed by atoms with E-state index in [0.717, 1.165) is 4.68 Å². The number of nitrogens with zero attached hydrogens (tertiary/aromatic N) is 2. The number of esters is 1. The largest absolute Gasteiger partial charge is 0.497 e. The van der Waals surface area contributed by atoms with E-state index in [9.17, 15) is 14.4 Å². The fourth-order valence-corrected chi connectivity index (χ4v) is 2.29. The Morgan fingerprint density at radius 1 is 1.20 bits per heavy atom. The molecule has 0 aliphatic heterocycles. The van der Waals surface area contributed by atoms with Crippen molar-refractivity contribution in [2.75, 3.05) is 7.11 Å². The topological polar surface area (TPSA) is 101 Å². The third-order valence-electron chi connectivity index (χ3n) is 3.57. The van der Waals surface area contributed by atoms with Crippen LogP contribution < -0.4 is 15.9 Å². The van der Waals surface area contributed by atoms with E-state index in [1.165, 1.54) is 32.4 Å². The van der Waals surface area contributed by atoms with Gasteiger partial charge < -0.3 is 13.9 Å². The number of aryl methyl sites for hydroxylation is 1. The van der Waals surface area contributed by atoms with Crippen LogP contribution >= 0.6 is 0 Å². The summed E-state index contributed by atoms with van der Waals surface area (Å²) in [4.78, 5) is 35.1. The van der Waals surface area contributed by atoms with Crippen molar-refractivity contribution in [1.82, 2.24) is 9.78 Å². The van der Waals surface area contributed by atoms with Gasteiger partial charge in [0.2, 0.25) is 0 Å². The zero-order valence-electron chi connectivity index (χ0n) is 13.5. The molecule has 0 unspecified atom stereocenters. The summed E-state index contributed by atoms with van der Waals surface area (Å²) >= 11 is 0. The first-order valence-corrected chi connectivity index (χ1v) is 7.30. The number of methoxy groups -OCH3 is 1.